The molecular weight excluding hydrogens is 398 g/mol. The molecule has 0 unspecified atom stereocenters. The van der Waals surface area contributed by atoms with Crippen molar-refractivity contribution >= 4 is 22.7 Å². The zero-order chi connectivity index (χ0) is 21.1. The third-order valence-corrected chi connectivity index (χ3v) is 5.83. The lowest BCUT2D eigenvalue weighted by atomic mass is 10.2. The highest BCUT2D eigenvalue weighted by atomic mass is 32.2. The van der Waals surface area contributed by atoms with Gasteiger partial charge in [-0.1, -0.05) is 30.8 Å². The number of methoxy groups -OCH3 is 1. The molecule has 0 aliphatic heterocycles. The first-order valence-corrected chi connectivity index (χ1v) is 10.8. The topological polar surface area (TPSA) is 70.2 Å². The lowest BCUT2D eigenvalue weighted by molar-refractivity contribution is 0.415. The molecule has 6 nitrogen and oxygen atoms in total. The first-order valence-electron chi connectivity index (χ1n) is 9.83. The zero-order valence-corrected chi connectivity index (χ0v) is 18.0. The second kappa shape index (κ2) is 8.75. The summed E-state index contributed by atoms with van der Waals surface area (Å²) in [5.41, 5.74) is 2.45. The van der Waals surface area contributed by atoms with Crippen LogP contribution in [0.2, 0.25) is 0 Å². The Balaban J connectivity index is 1.62. The number of oxazole rings is 1. The molecule has 0 amide bonds. The lowest BCUT2D eigenvalue weighted by Crippen LogP contribution is -2.23. The third kappa shape index (κ3) is 3.98. The van der Waals surface area contributed by atoms with Crippen LogP contribution in [0.5, 0.6) is 5.75 Å². The first-order chi connectivity index (χ1) is 14.6. The molecule has 154 valence electrons. The minimum absolute atomic E-state index is 0.000691. The molecule has 0 aliphatic carbocycles. The maximum atomic E-state index is 12.9. The van der Waals surface area contributed by atoms with Crippen molar-refractivity contribution in [3.8, 4) is 17.2 Å². The fraction of sp³-hybridized carbons (Fsp3) is 0.261. The minimum Gasteiger partial charge on any atom is -0.497 e. The van der Waals surface area contributed by atoms with E-state index in [9.17, 15) is 4.79 Å². The molecule has 7 heteroatoms. The molecule has 2 aromatic carbocycles. The molecule has 0 aliphatic rings. The molecule has 2 aromatic heterocycles. The number of fused-ring (bicyclic) bond motifs is 1. The highest BCUT2D eigenvalue weighted by molar-refractivity contribution is 7.98. The Kier molecular flexibility index (Phi) is 5.90. The highest BCUT2D eigenvalue weighted by Crippen LogP contribution is 2.28. The molecule has 0 saturated heterocycles. The molecular formula is C23H23N3O3S. The molecule has 2 heterocycles. The standard InChI is InChI=1S/C23H23N3O3S/c1-4-13-26-22(27)18-7-5-6-8-19(18)25-23(26)30-14-20-15(2)29-21(24-20)16-9-11-17(28-3)12-10-16/h5-12H,4,13-14H2,1-3H3. The van der Waals surface area contributed by atoms with E-state index in [4.69, 9.17) is 14.1 Å². The Morgan fingerprint density at radius 2 is 1.87 bits per heavy atom. The number of rotatable bonds is 7. The molecule has 0 N–H and O–H groups in total. The van der Waals surface area contributed by atoms with Gasteiger partial charge in [0.05, 0.1) is 23.7 Å². The number of hydrogen-bond donors (Lipinski definition) is 0. The van der Waals surface area contributed by atoms with Crippen molar-refractivity contribution < 1.29 is 9.15 Å². The van der Waals surface area contributed by atoms with Gasteiger partial charge in [-0.2, -0.15) is 0 Å². The predicted octanol–water partition coefficient (Wildman–Crippen LogP) is 5.07. The largest absolute Gasteiger partial charge is 0.497 e. The minimum atomic E-state index is 0.000691. The number of aryl methyl sites for hydroxylation is 1. The van der Waals surface area contributed by atoms with Gasteiger partial charge in [-0.05, 0) is 49.7 Å². The Bertz CT molecular complexity index is 1230. The van der Waals surface area contributed by atoms with Crippen molar-refractivity contribution in [3.63, 3.8) is 0 Å². The van der Waals surface area contributed by atoms with Crippen molar-refractivity contribution in [2.45, 2.75) is 37.7 Å². The van der Waals surface area contributed by atoms with Crippen LogP contribution in [0.3, 0.4) is 0 Å². The maximum Gasteiger partial charge on any atom is 0.262 e. The van der Waals surface area contributed by atoms with Crippen LogP contribution < -0.4 is 10.3 Å². The molecule has 4 rings (SSSR count). The number of benzene rings is 2. The van der Waals surface area contributed by atoms with Crippen molar-refractivity contribution in [1.82, 2.24) is 14.5 Å². The normalized spacial score (nSPS) is 11.2. The Hall–Kier alpha value is -3.06. The lowest BCUT2D eigenvalue weighted by Gasteiger charge is -2.11. The first kappa shape index (κ1) is 20.2. The number of para-hydroxylation sites is 1. The fourth-order valence-corrected chi connectivity index (χ4v) is 4.26. The maximum absolute atomic E-state index is 12.9. The average Bonchev–Trinajstić information content (AvgIpc) is 3.15. The van der Waals surface area contributed by atoms with E-state index in [1.807, 2.05) is 55.5 Å². The van der Waals surface area contributed by atoms with E-state index in [0.717, 1.165) is 29.2 Å². The summed E-state index contributed by atoms with van der Waals surface area (Å²) < 4.78 is 12.8. The van der Waals surface area contributed by atoms with Crippen LogP contribution in [0.15, 0.2) is 62.9 Å². The summed E-state index contributed by atoms with van der Waals surface area (Å²) in [6, 6.07) is 15.1. The zero-order valence-electron chi connectivity index (χ0n) is 17.2. The van der Waals surface area contributed by atoms with Gasteiger partial charge in [0.25, 0.3) is 5.56 Å². The van der Waals surface area contributed by atoms with Gasteiger partial charge in [0.15, 0.2) is 5.16 Å². The molecule has 0 fully saturated rings. The quantitative estimate of drug-likeness (QED) is 0.306. The second-order valence-electron chi connectivity index (χ2n) is 6.91. The molecule has 0 spiro atoms. The molecule has 4 aromatic rings. The van der Waals surface area contributed by atoms with Gasteiger partial charge >= 0.3 is 0 Å². The summed E-state index contributed by atoms with van der Waals surface area (Å²) in [5, 5.41) is 1.35. The van der Waals surface area contributed by atoms with E-state index in [0.29, 0.717) is 34.2 Å². The number of ether oxygens (including phenoxy) is 1. The van der Waals surface area contributed by atoms with E-state index in [1.165, 1.54) is 11.8 Å². The van der Waals surface area contributed by atoms with Crippen molar-refractivity contribution in [1.29, 1.82) is 0 Å². The van der Waals surface area contributed by atoms with Crippen LogP contribution in [0, 0.1) is 6.92 Å². The molecule has 0 bridgehead atoms. The van der Waals surface area contributed by atoms with E-state index in [2.05, 4.69) is 11.9 Å². The highest BCUT2D eigenvalue weighted by Gasteiger charge is 2.15. The van der Waals surface area contributed by atoms with Crippen LogP contribution in [-0.2, 0) is 12.3 Å². The van der Waals surface area contributed by atoms with Crippen LogP contribution in [-0.4, -0.2) is 21.6 Å². The van der Waals surface area contributed by atoms with Gasteiger partial charge < -0.3 is 9.15 Å². The Labute approximate surface area is 178 Å². The number of nitrogens with zero attached hydrogens (tertiary/aromatic N) is 3. The van der Waals surface area contributed by atoms with Gasteiger partial charge in [-0.25, -0.2) is 9.97 Å². The second-order valence-corrected chi connectivity index (χ2v) is 7.85. The fourth-order valence-electron chi connectivity index (χ4n) is 3.23. The van der Waals surface area contributed by atoms with Crippen LogP contribution in [0.4, 0.5) is 0 Å². The summed E-state index contributed by atoms with van der Waals surface area (Å²) in [6.07, 6.45) is 0.859. The third-order valence-electron chi connectivity index (χ3n) is 4.84. The van der Waals surface area contributed by atoms with E-state index < -0.39 is 0 Å². The van der Waals surface area contributed by atoms with Gasteiger partial charge in [0.1, 0.15) is 11.5 Å². The van der Waals surface area contributed by atoms with Crippen molar-refractivity contribution in [3.05, 3.63) is 70.3 Å². The van der Waals surface area contributed by atoms with Gasteiger partial charge in [-0.15, -0.1) is 0 Å². The van der Waals surface area contributed by atoms with E-state index >= 15 is 0 Å². The Morgan fingerprint density at radius 1 is 1.10 bits per heavy atom. The number of hydrogen-bond acceptors (Lipinski definition) is 6. The van der Waals surface area contributed by atoms with Crippen LogP contribution in [0.1, 0.15) is 24.8 Å². The van der Waals surface area contributed by atoms with E-state index in [-0.39, 0.29) is 5.56 Å². The Morgan fingerprint density at radius 3 is 2.60 bits per heavy atom. The van der Waals surface area contributed by atoms with Gasteiger partial charge in [0, 0.05) is 17.9 Å². The predicted molar refractivity (Wildman–Crippen MR) is 119 cm³/mol. The number of thioether (sulfide) groups is 1. The molecule has 0 saturated carbocycles. The summed E-state index contributed by atoms with van der Waals surface area (Å²) in [6.45, 7) is 4.59. The summed E-state index contributed by atoms with van der Waals surface area (Å²) >= 11 is 1.51. The monoisotopic (exact) mass is 421 g/mol. The van der Waals surface area contributed by atoms with Crippen LogP contribution >= 0.6 is 11.8 Å². The summed E-state index contributed by atoms with van der Waals surface area (Å²) in [7, 11) is 1.64. The van der Waals surface area contributed by atoms with Gasteiger partial charge in [0.2, 0.25) is 5.89 Å². The van der Waals surface area contributed by atoms with Crippen molar-refractivity contribution in [2.24, 2.45) is 0 Å². The SMILES string of the molecule is CCCn1c(SCc2nc(-c3ccc(OC)cc3)oc2C)nc2ccccc2c1=O. The summed E-state index contributed by atoms with van der Waals surface area (Å²) in [4.78, 5) is 22.3. The smallest absolute Gasteiger partial charge is 0.262 e. The molecule has 0 atom stereocenters. The van der Waals surface area contributed by atoms with Gasteiger partial charge in [-0.3, -0.25) is 9.36 Å². The van der Waals surface area contributed by atoms with Crippen LogP contribution in [0.25, 0.3) is 22.4 Å². The summed E-state index contributed by atoms with van der Waals surface area (Å²) in [5.74, 6) is 2.69. The van der Waals surface area contributed by atoms with E-state index in [1.54, 1.807) is 11.7 Å². The molecule has 0 radical (unpaired) electrons. The van der Waals surface area contributed by atoms with Crippen molar-refractivity contribution in [2.75, 3.05) is 7.11 Å². The average molecular weight is 422 g/mol. The molecule has 30 heavy (non-hydrogen) atoms. The number of aromatic nitrogens is 3.